The molecule has 4 rings (SSSR count). The number of carbonyl (C=O) groups excluding carboxylic acids is 1. The molecule has 1 atom stereocenters. The molecule has 0 fully saturated rings. The molecule has 2 aromatic heterocycles. The summed E-state index contributed by atoms with van der Waals surface area (Å²) < 4.78 is 56.3. The van der Waals surface area contributed by atoms with Crippen LogP contribution in [-0.4, -0.2) is 37.7 Å². The van der Waals surface area contributed by atoms with Crippen molar-refractivity contribution < 1.29 is 41.9 Å². The second-order valence-electron chi connectivity index (χ2n) is 8.73. The van der Waals surface area contributed by atoms with Crippen molar-refractivity contribution in [2.75, 3.05) is 0 Å². The fourth-order valence-electron chi connectivity index (χ4n) is 3.70. The smallest absolute Gasteiger partial charge is 0.416 e. The van der Waals surface area contributed by atoms with Gasteiger partial charge in [0.1, 0.15) is 17.2 Å². The van der Waals surface area contributed by atoms with Crippen molar-refractivity contribution in [3.05, 3.63) is 77.9 Å². The zero-order valence-corrected chi connectivity index (χ0v) is 20.9. The molecule has 0 aliphatic rings. The van der Waals surface area contributed by atoms with Crippen molar-refractivity contribution in [2.45, 2.75) is 45.5 Å². The van der Waals surface area contributed by atoms with Gasteiger partial charge in [0.25, 0.3) is 5.89 Å². The third-order valence-electron chi connectivity index (χ3n) is 5.67. The van der Waals surface area contributed by atoms with Gasteiger partial charge < -0.3 is 23.7 Å². The van der Waals surface area contributed by atoms with Crippen LogP contribution in [0.4, 0.5) is 13.2 Å². The van der Waals surface area contributed by atoms with Crippen molar-refractivity contribution in [1.82, 2.24) is 14.7 Å². The Balaban J connectivity index is 1.37. The maximum Gasteiger partial charge on any atom is 0.416 e. The predicted octanol–water partition coefficient (Wildman–Crippen LogP) is 5.71. The molecule has 1 N–H and O–H groups in total. The molecule has 9 nitrogen and oxygen atoms in total. The number of benzene rings is 2. The summed E-state index contributed by atoms with van der Waals surface area (Å²) in [5.41, 5.74) is 0.447. The van der Waals surface area contributed by atoms with Gasteiger partial charge in [-0.15, -0.1) is 0 Å². The predicted molar refractivity (Wildman–Crippen MR) is 131 cm³/mol. The Morgan fingerprint density at radius 3 is 2.21 bits per heavy atom. The van der Waals surface area contributed by atoms with E-state index in [0.29, 0.717) is 28.5 Å². The second-order valence-corrected chi connectivity index (χ2v) is 8.73. The minimum absolute atomic E-state index is 0.0382. The fourth-order valence-corrected chi connectivity index (χ4v) is 3.70. The molecule has 0 spiro atoms. The van der Waals surface area contributed by atoms with Gasteiger partial charge in [-0.1, -0.05) is 5.16 Å². The van der Waals surface area contributed by atoms with Gasteiger partial charge in [0, 0.05) is 18.8 Å². The van der Waals surface area contributed by atoms with Gasteiger partial charge in [-0.3, -0.25) is 9.59 Å². The monoisotopic (exact) mass is 543 g/mol. The second kappa shape index (κ2) is 11.4. The van der Waals surface area contributed by atoms with Gasteiger partial charge >= 0.3 is 12.1 Å². The number of alkyl halides is 3. The maximum atomic E-state index is 12.9. The number of ether oxygens (including phenoxy) is 2. The van der Waals surface area contributed by atoms with E-state index in [2.05, 4.69) is 10.1 Å². The van der Waals surface area contributed by atoms with Crippen LogP contribution >= 0.6 is 0 Å². The van der Waals surface area contributed by atoms with E-state index >= 15 is 0 Å². The van der Waals surface area contributed by atoms with Gasteiger partial charge in [-0.25, -0.2) is 0 Å². The number of aryl methyl sites for hydroxylation is 2. The summed E-state index contributed by atoms with van der Waals surface area (Å²) in [4.78, 5) is 28.1. The normalized spacial score (nSPS) is 12.2. The van der Waals surface area contributed by atoms with Crippen molar-refractivity contribution in [2.24, 2.45) is 0 Å². The molecule has 2 aromatic carbocycles. The van der Waals surface area contributed by atoms with Gasteiger partial charge in [0.15, 0.2) is 17.7 Å². The van der Waals surface area contributed by atoms with Crippen molar-refractivity contribution in [3.63, 3.8) is 0 Å². The first-order chi connectivity index (χ1) is 18.5. The molecule has 4 aromatic rings. The lowest BCUT2D eigenvalue weighted by molar-refractivity contribution is -0.138. The van der Waals surface area contributed by atoms with Crippen LogP contribution in [0.5, 0.6) is 17.2 Å². The zero-order valence-electron chi connectivity index (χ0n) is 20.9. The number of aromatic nitrogens is 3. The molecular weight excluding hydrogens is 519 g/mol. The molecule has 0 radical (unpaired) electrons. The summed E-state index contributed by atoms with van der Waals surface area (Å²) in [6.45, 7) is 3.23. The minimum Gasteiger partial charge on any atom is -0.483 e. The lowest BCUT2D eigenvalue weighted by Crippen LogP contribution is -2.27. The largest absolute Gasteiger partial charge is 0.483 e. The number of rotatable bonds is 11. The molecule has 39 heavy (non-hydrogen) atoms. The summed E-state index contributed by atoms with van der Waals surface area (Å²) in [6, 6.07) is 10.6. The first kappa shape index (κ1) is 27.4. The Kier molecular flexibility index (Phi) is 8.03. The Hall–Kier alpha value is -4.61. The minimum atomic E-state index is -4.43. The highest BCUT2D eigenvalue weighted by atomic mass is 19.4. The number of carboxylic acids is 1. The summed E-state index contributed by atoms with van der Waals surface area (Å²) in [5.74, 6) is 0.485. The number of nitrogens with zero attached hydrogens (tertiary/aromatic N) is 3. The zero-order chi connectivity index (χ0) is 28.2. The molecule has 0 bridgehead atoms. The van der Waals surface area contributed by atoms with Crippen molar-refractivity contribution in [3.8, 4) is 28.7 Å². The van der Waals surface area contributed by atoms with Crippen LogP contribution in [0.2, 0.25) is 0 Å². The Labute approximate surface area is 220 Å². The number of hydrogen-bond donors (Lipinski definition) is 1. The molecule has 0 saturated carbocycles. The van der Waals surface area contributed by atoms with Gasteiger partial charge in [-0.2, -0.15) is 18.2 Å². The maximum absolute atomic E-state index is 12.9. The van der Waals surface area contributed by atoms with E-state index in [4.69, 9.17) is 19.1 Å². The van der Waals surface area contributed by atoms with Crippen LogP contribution in [0.1, 0.15) is 30.3 Å². The molecule has 12 heteroatoms. The lowest BCUT2D eigenvalue weighted by Gasteiger charge is -2.15. The number of carboxylic acid groups (broad SMARTS) is 1. The summed E-state index contributed by atoms with van der Waals surface area (Å²) >= 11 is 0. The van der Waals surface area contributed by atoms with E-state index in [0.717, 1.165) is 12.1 Å². The standard InChI is InChI=1S/C27H24F3N3O6/c1-16(37-20-8-10-22(11-9-20)38-21-6-4-19(5-7-21)27(28,29)30)24(34)15-33-13-18(3-12-25(35)36)23(14-33)26-31-17(2)32-39-26/h4-11,13-14,16H,3,12,15H2,1-2H3,(H,35,36). The van der Waals surface area contributed by atoms with Crippen LogP contribution in [0.25, 0.3) is 11.5 Å². The van der Waals surface area contributed by atoms with Gasteiger partial charge in [0.05, 0.1) is 17.7 Å². The fraction of sp³-hybridized carbons (Fsp3) is 0.259. The van der Waals surface area contributed by atoms with Crippen LogP contribution in [-0.2, 0) is 28.7 Å². The first-order valence-electron chi connectivity index (χ1n) is 11.8. The van der Waals surface area contributed by atoms with Crippen LogP contribution in [0, 0.1) is 6.92 Å². The van der Waals surface area contributed by atoms with Crippen LogP contribution in [0.3, 0.4) is 0 Å². The number of Topliss-reactive ketones (excluding diaryl/α,β-unsaturated/α-hetero) is 1. The molecule has 0 aliphatic heterocycles. The molecule has 0 amide bonds. The number of hydrogen-bond acceptors (Lipinski definition) is 7. The topological polar surface area (TPSA) is 117 Å². The number of ketones is 1. The number of halogens is 3. The Bertz CT molecular complexity index is 1440. The molecule has 1 unspecified atom stereocenters. The average Bonchev–Trinajstić information content (AvgIpc) is 3.49. The highest BCUT2D eigenvalue weighted by Gasteiger charge is 2.30. The molecule has 204 valence electrons. The van der Waals surface area contributed by atoms with Crippen LogP contribution in [0.15, 0.2) is 65.4 Å². The van der Waals surface area contributed by atoms with Crippen molar-refractivity contribution >= 4 is 11.8 Å². The van der Waals surface area contributed by atoms with Gasteiger partial charge in [0.2, 0.25) is 0 Å². The lowest BCUT2D eigenvalue weighted by atomic mass is 10.1. The van der Waals surface area contributed by atoms with E-state index in [1.807, 2.05) is 0 Å². The third-order valence-corrected chi connectivity index (χ3v) is 5.67. The molecule has 0 aliphatic carbocycles. The summed E-state index contributed by atoms with van der Waals surface area (Å²) in [6.07, 6.45) is -1.79. The highest BCUT2D eigenvalue weighted by Crippen LogP contribution is 2.32. The van der Waals surface area contributed by atoms with E-state index in [1.54, 1.807) is 55.1 Å². The van der Waals surface area contributed by atoms with Crippen LogP contribution < -0.4 is 9.47 Å². The van der Waals surface area contributed by atoms with E-state index < -0.39 is 23.8 Å². The Morgan fingerprint density at radius 1 is 1.03 bits per heavy atom. The quantitative estimate of drug-likeness (QED) is 0.256. The number of carbonyl (C=O) groups is 2. The van der Waals surface area contributed by atoms with Gasteiger partial charge in [-0.05, 0) is 74.4 Å². The average molecular weight is 543 g/mol. The van der Waals surface area contributed by atoms with Crippen molar-refractivity contribution in [1.29, 1.82) is 0 Å². The van der Waals surface area contributed by atoms with E-state index in [9.17, 15) is 22.8 Å². The van der Waals surface area contributed by atoms with E-state index in [1.165, 1.54) is 12.1 Å². The number of aliphatic carboxylic acids is 1. The highest BCUT2D eigenvalue weighted by molar-refractivity contribution is 5.83. The first-order valence-corrected chi connectivity index (χ1v) is 11.8. The molecule has 0 saturated heterocycles. The third kappa shape index (κ3) is 7.24. The summed E-state index contributed by atoms with van der Waals surface area (Å²) in [5, 5.41) is 12.8. The summed E-state index contributed by atoms with van der Waals surface area (Å²) in [7, 11) is 0. The Morgan fingerprint density at radius 2 is 1.64 bits per heavy atom. The molecule has 2 heterocycles. The van der Waals surface area contributed by atoms with E-state index in [-0.39, 0.29) is 36.8 Å². The SMILES string of the molecule is Cc1noc(-c2cn(CC(=O)C(C)Oc3ccc(Oc4ccc(C(F)(F)F)cc4)cc3)cc2CCC(=O)O)n1. The molecular formula is C27H24F3N3O6.